The second-order valence-corrected chi connectivity index (χ2v) is 6.64. The van der Waals surface area contributed by atoms with Crippen LogP contribution in [-0.2, 0) is 4.79 Å². The molecule has 1 saturated carbocycles. The van der Waals surface area contributed by atoms with Crippen LogP contribution in [0, 0.1) is 11.8 Å². The van der Waals surface area contributed by atoms with Crippen molar-refractivity contribution >= 4 is 33.6 Å². The van der Waals surface area contributed by atoms with Crippen LogP contribution in [0.15, 0.2) is 28.7 Å². The monoisotopic (exact) mass is 352 g/mol. The highest BCUT2D eigenvalue weighted by Crippen LogP contribution is 2.42. The summed E-state index contributed by atoms with van der Waals surface area (Å²) in [6.07, 6.45) is 3.00. The molecule has 21 heavy (non-hydrogen) atoms. The number of urea groups is 1. The van der Waals surface area contributed by atoms with E-state index in [1.807, 2.05) is 12.1 Å². The summed E-state index contributed by atoms with van der Waals surface area (Å²) >= 11 is 3.34. The number of carboxylic acids is 1. The fourth-order valence-electron chi connectivity index (χ4n) is 3.56. The average molecular weight is 353 g/mol. The van der Waals surface area contributed by atoms with E-state index < -0.39 is 12.0 Å². The number of rotatable bonds is 2. The van der Waals surface area contributed by atoms with Gasteiger partial charge in [0.15, 0.2) is 0 Å². The number of fused-ring (bicyclic) bond motifs is 1. The predicted octanol–water partition coefficient (Wildman–Crippen LogP) is 3.17. The number of hydrogen-bond acceptors (Lipinski definition) is 2. The lowest BCUT2D eigenvalue weighted by atomic mass is 9.94. The fraction of sp³-hybridized carbons (Fsp3) is 0.467. The quantitative estimate of drug-likeness (QED) is 0.858. The van der Waals surface area contributed by atoms with Crippen LogP contribution in [0.1, 0.15) is 19.3 Å². The summed E-state index contributed by atoms with van der Waals surface area (Å²) in [5.74, 6) is -0.449. The van der Waals surface area contributed by atoms with E-state index in [4.69, 9.17) is 0 Å². The molecule has 1 aromatic rings. The van der Waals surface area contributed by atoms with Crippen molar-refractivity contribution in [2.75, 3.05) is 11.9 Å². The van der Waals surface area contributed by atoms with Crippen LogP contribution in [0.3, 0.4) is 0 Å². The molecule has 2 N–H and O–H groups in total. The molecule has 0 bridgehead atoms. The average Bonchev–Trinajstić information content (AvgIpc) is 3.00. The van der Waals surface area contributed by atoms with Gasteiger partial charge in [0.25, 0.3) is 0 Å². The Labute approximate surface area is 131 Å². The first-order valence-corrected chi connectivity index (χ1v) is 7.91. The van der Waals surface area contributed by atoms with Gasteiger partial charge in [0.2, 0.25) is 0 Å². The normalized spacial score (nSPS) is 27.5. The van der Waals surface area contributed by atoms with Crippen molar-refractivity contribution in [2.45, 2.75) is 25.3 Å². The summed E-state index contributed by atoms with van der Waals surface area (Å²) in [5.41, 5.74) is 0.671. The number of nitrogens with zero attached hydrogens (tertiary/aromatic N) is 1. The van der Waals surface area contributed by atoms with Gasteiger partial charge < -0.3 is 15.3 Å². The van der Waals surface area contributed by atoms with Gasteiger partial charge in [-0.05, 0) is 48.9 Å². The van der Waals surface area contributed by atoms with Gasteiger partial charge in [0, 0.05) is 16.7 Å². The SMILES string of the molecule is O=C(O)C1C2CCCC2CN1C(=O)Nc1ccc(Br)cc1. The summed E-state index contributed by atoms with van der Waals surface area (Å²) in [4.78, 5) is 25.4. The van der Waals surface area contributed by atoms with Crippen LogP contribution < -0.4 is 5.32 Å². The molecule has 1 heterocycles. The zero-order valence-corrected chi connectivity index (χ0v) is 13.0. The topological polar surface area (TPSA) is 69.6 Å². The number of amides is 2. The molecular formula is C15H17BrN2O3. The largest absolute Gasteiger partial charge is 0.480 e. The Morgan fingerprint density at radius 3 is 2.62 bits per heavy atom. The summed E-state index contributed by atoms with van der Waals surface area (Å²) < 4.78 is 0.930. The van der Waals surface area contributed by atoms with Crippen molar-refractivity contribution in [1.29, 1.82) is 0 Å². The molecule has 0 radical (unpaired) electrons. The number of aliphatic carboxylic acids is 1. The molecule has 0 aromatic heterocycles. The van der Waals surface area contributed by atoms with E-state index in [-0.39, 0.29) is 11.9 Å². The minimum absolute atomic E-state index is 0.109. The molecule has 2 amide bonds. The zero-order valence-electron chi connectivity index (χ0n) is 11.5. The smallest absolute Gasteiger partial charge is 0.326 e. The molecule has 1 aliphatic carbocycles. The van der Waals surface area contributed by atoms with Gasteiger partial charge in [-0.15, -0.1) is 0 Å². The van der Waals surface area contributed by atoms with Crippen LogP contribution in [-0.4, -0.2) is 34.6 Å². The van der Waals surface area contributed by atoms with Crippen molar-refractivity contribution in [3.63, 3.8) is 0 Å². The second-order valence-electron chi connectivity index (χ2n) is 5.73. The molecule has 1 aromatic carbocycles. The van der Waals surface area contributed by atoms with Gasteiger partial charge in [-0.25, -0.2) is 9.59 Å². The molecule has 3 atom stereocenters. The fourth-order valence-corrected chi connectivity index (χ4v) is 3.82. The van der Waals surface area contributed by atoms with Gasteiger partial charge >= 0.3 is 12.0 Å². The summed E-state index contributed by atoms with van der Waals surface area (Å²) in [6.45, 7) is 0.546. The van der Waals surface area contributed by atoms with E-state index in [2.05, 4.69) is 21.2 Å². The molecule has 1 aliphatic heterocycles. The zero-order chi connectivity index (χ0) is 15.0. The lowest BCUT2D eigenvalue weighted by Gasteiger charge is -2.24. The predicted molar refractivity (Wildman–Crippen MR) is 82.1 cm³/mol. The van der Waals surface area contributed by atoms with E-state index in [1.54, 1.807) is 12.1 Å². The number of halogens is 1. The highest BCUT2D eigenvalue weighted by atomic mass is 79.9. The van der Waals surface area contributed by atoms with E-state index in [0.717, 1.165) is 23.7 Å². The third-order valence-corrected chi connectivity index (χ3v) is 5.03. The van der Waals surface area contributed by atoms with Crippen LogP contribution in [0.25, 0.3) is 0 Å². The summed E-state index contributed by atoms with van der Waals surface area (Å²) in [5, 5.41) is 12.2. The molecular weight excluding hydrogens is 336 g/mol. The van der Waals surface area contributed by atoms with E-state index >= 15 is 0 Å². The standard InChI is InChI=1S/C15H17BrN2O3/c16-10-4-6-11(7-5-10)17-15(21)18-8-9-2-1-3-12(9)13(18)14(19)20/h4-7,9,12-13H,1-3,8H2,(H,17,21)(H,19,20). The molecule has 1 saturated heterocycles. The Kier molecular flexibility index (Phi) is 3.89. The highest BCUT2D eigenvalue weighted by Gasteiger charge is 2.49. The van der Waals surface area contributed by atoms with Gasteiger partial charge in [-0.3, -0.25) is 0 Å². The van der Waals surface area contributed by atoms with Gasteiger partial charge in [0.05, 0.1) is 0 Å². The third-order valence-electron chi connectivity index (χ3n) is 4.50. The maximum absolute atomic E-state index is 12.4. The van der Waals surface area contributed by atoms with Crippen molar-refractivity contribution in [1.82, 2.24) is 4.90 Å². The molecule has 2 aliphatic rings. The van der Waals surface area contributed by atoms with Gasteiger partial charge in [0.1, 0.15) is 6.04 Å². The van der Waals surface area contributed by atoms with Gasteiger partial charge in [-0.2, -0.15) is 0 Å². The van der Waals surface area contributed by atoms with Crippen LogP contribution in [0.2, 0.25) is 0 Å². The lowest BCUT2D eigenvalue weighted by Crippen LogP contribution is -2.45. The van der Waals surface area contributed by atoms with Crippen molar-refractivity contribution in [3.05, 3.63) is 28.7 Å². The molecule has 3 unspecified atom stereocenters. The first kappa shape index (κ1) is 14.4. The Hall–Kier alpha value is -1.56. The molecule has 6 heteroatoms. The second kappa shape index (κ2) is 5.67. The van der Waals surface area contributed by atoms with Crippen molar-refractivity contribution in [2.24, 2.45) is 11.8 Å². The minimum atomic E-state index is -0.893. The maximum atomic E-state index is 12.4. The maximum Gasteiger partial charge on any atom is 0.326 e. The molecule has 3 rings (SSSR count). The van der Waals surface area contributed by atoms with Crippen LogP contribution in [0.4, 0.5) is 10.5 Å². The van der Waals surface area contributed by atoms with E-state index in [1.165, 1.54) is 4.90 Å². The number of carbonyl (C=O) groups excluding carboxylic acids is 1. The number of nitrogens with one attached hydrogen (secondary N) is 1. The molecule has 2 fully saturated rings. The number of anilines is 1. The Bertz CT molecular complexity index is 561. The number of likely N-dealkylation sites (tertiary alicyclic amines) is 1. The molecule has 112 valence electrons. The summed E-state index contributed by atoms with van der Waals surface area (Å²) in [7, 11) is 0. The number of carbonyl (C=O) groups is 2. The first-order chi connectivity index (χ1) is 10.1. The Morgan fingerprint density at radius 1 is 1.24 bits per heavy atom. The minimum Gasteiger partial charge on any atom is -0.480 e. The molecule has 5 nitrogen and oxygen atoms in total. The first-order valence-electron chi connectivity index (χ1n) is 7.12. The lowest BCUT2D eigenvalue weighted by molar-refractivity contribution is -0.142. The van der Waals surface area contributed by atoms with Gasteiger partial charge in [-0.1, -0.05) is 22.4 Å². The molecule has 0 spiro atoms. The van der Waals surface area contributed by atoms with Crippen LogP contribution in [0.5, 0.6) is 0 Å². The highest BCUT2D eigenvalue weighted by molar-refractivity contribution is 9.10. The van der Waals surface area contributed by atoms with Crippen molar-refractivity contribution in [3.8, 4) is 0 Å². The van der Waals surface area contributed by atoms with Crippen LogP contribution >= 0.6 is 15.9 Å². The van der Waals surface area contributed by atoms with E-state index in [9.17, 15) is 14.7 Å². The Balaban J connectivity index is 1.74. The van der Waals surface area contributed by atoms with E-state index in [0.29, 0.717) is 18.2 Å². The number of benzene rings is 1. The van der Waals surface area contributed by atoms with Crippen molar-refractivity contribution < 1.29 is 14.7 Å². The number of carboxylic acid groups (broad SMARTS) is 1. The Morgan fingerprint density at radius 2 is 1.95 bits per heavy atom. The summed E-state index contributed by atoms with van der Waals surface area (Å²) in [6, 6.07) is 6.24. The number of hydrogen-bond donors (Lipinski definition) is 2. The third kappa shape index (κ3) is 2.77.